The van der Waals surface area contributed by atoms with Gasteiger partial charge in [-0.3, -0.25) is 4.57 Å². The molecule has 3 heterocycles. The van der Waals surface area contributed by atoms with Crippen LogP contribution in [-0.2, 0) is 21.7 Å². The van der Waals surface area contributed by atoms with E-state index in [1.807, 2.05) is 6.20 Å². The molecule has 0 N–H and O–H groups in total. The summed E-state index contributed by atoms with van der Waals surface area (Å²) in [6.45, 7) is 35.2. The van der Waals surface area contributed by atoms with Crippen molar-refractivity contribution in [2.45, 2.75) is 137 Å². The Kier molecular flexibility index (Phi) is 13.5. The topological polar surface area (TPSA) is 33.5 Å². The molecule has 388 valence electrons. The molecule has 0 spiro atoms. The van der Waals surface area contributed by atoms with Crippen LogP contribution in [0.5, 0.6) is 11.5 Å². The highest BCUT2D eigenvalue weighted by Crippen LogP contribution is 2.46. The van der Waals surface area contributed by atoms with Gasteiger partial charge in [0.25, 0.3) is 0 Å². The van der Waals surface area contributed by atoms with Crippen molar-refractivity contribution in [3.63, 3.8) is 0 Å². The number of benzene rings is 7. The minimum Gasteiger partial charge on any atom is -0.457 e. The van der Waals surface area contributed by atoms with Crippen molar-refractivity contribution in [2.24, 2.45) is 0 Å². The Morgan fingerprint density at radius 2 is 1.09 bits per heavy atom. The first-order valence-corrected chi connectivity index (χ1v) is 27.5. The van der Waals surface area contributed by atoms with Crippen molar-refractivity contribution < 1.29 is 4.74 Å². The monoisotopic (exact) mass is 1000 g/mol. The summed E-state index contributed by atoms with van der Waals surface area (Å²) < 4.78 is 9.55. The van der Waals surface area contributed by atoms with E-state index in [0.29, 0.717) is 18.5 Å². The third-order valence-corrected chi connectivity index (χ3v) is 15.8. The lowest BCUT2D eigenvalue weighted by atomic mass is 9.78. The van der Waals surface area contributed by atoms with E-state index in [1.165, 1.54) is 72.4 Å². The molecule has 0 fully saturated rings. The van der Waals surface area contributed by atoms with E-state index in [9.17, 15) is 0 Å². The van der Waals surface area contributed by atoms with Crippen LogP contribution in [-0.4, -0.2) is 16.2 Å². The van der Waals surface area contributed by atoms with Crippen LogP contribution in [0.1, 0.15) is 160 Å². The molecular weight excluding hydrogens is 925 g/mol. The molecule has 7 aromatic carbocycles. The van der Waals surface area contributed by atoms with Crippen molar-refractivity contribution in [2.75, 3.05) is 16.5 Å². The molecule has 0 bridgehead atoms. The van der Waals surface area contributed by atoms with E-state index in [1.54, 1.807) is 0 Å². The summed E-state index contributed by atoms with van der Waals surface area (Å²) in [5, 5.41) is 2.34. The lowest BCUT2D eigenvalue weighted by Gasteiger charge is -2.30. The normalized spacial score (nSPS) is 13.7. The van der Waals surface area contributed by atoms with Crippen LogP contribution in [0.4, 0.5) is 11.4 Å². The van der Waals surface area contributed by atoms with Gasteiger partial charge in [0.2, 0.25) is 0 Å². The summed E-state index contributed by atoms with van der Waals surface area (Å²) >= 11 is 0. The second-order valence-electron chi connectivity index (χ2n) is 25.5. The maximum absolute atomic E-state index is 7.22. The van der Waals surface area contributed by atoms with E-state index >= 15 is 0 Å². The molecule has 9 aromatic rings. The van der Waals surface area contributed by atoms with Gasteiger partial charge in [0.05, 0.1) is 23.4 Å². The third kappa shape index (κ3) is 10.1. The highest BCUT2D eigenvalue weighted by molar-refractivity contribution is 6.10. The van der Waals surface area contributed by atoms with Crippen molar-refractivity contribution >= 4 is 38.9 Å². The second-order valence-corrected chi connectivity index (χ2v) is 25.5. The summed E-state index contributed by atoms with van der Waals surface area (Å²) in [6.07, 6.45) is 4.37. The largest absolute Gasteiger partial charge is 0.457 e. The number of nitrogens with zero attached hydrogens (tertiary/aromatic N) is 4. The Morgan fingerprint density at radius 1 is 0.461 bits per heavy atom. The molecule has 0 aliphatic carbocycles. The van der Waals surface area contributed by atoms with Gasteiger partial charge in [0, 0.05) is 57.7 Å². The van der Waals surface area contributed by atoms with Gasteiger partial charge in [-0.15, -0.1) is 0 Å². The maximum atomic E-state index is 7.22. The van der Waals surface area contributed by atoms with Crippen molar-refractivity contribution in [3.05, 3.63) is 221 Å². The van der Waals surface area contributed by atoms with Crippen LogP contribution in [0.3, 0.4) is 0 Å². The minimum atomic E-state index is -0.205. The van der Waals surface area contributed by atoms with Gasteiger partial charge < -0.3 is 14.5 Å². The Bertz CT molecular complexity index is 3600. The first-order chi connectivity index (χ1) is 35.9. The zero-order chi connectivity index (χ0) is 54.1. The van der Waals surface area contributed by atoms with Gasteiger partial charge in [-0.05, 0) is 139 Å². The van der Waals surface area contributed by atoms with Gasteiger partial charge in [0.15, 0.2) is 0 Å². The van der Waals surface area contributed by atoms with Crippen molar-refractivity contribution in [1.82, 2.24) is 9.55 Å². The van der Waals surface area contributed by atoms with Crippen LogP contribution in [0.2, 0.25) is 0 Å². The van der Waals surface area contributed by atoms with Crippen LogP contribution in [0.25, 0.3) is 44.4 Å². The Hall–Kier alpha value is -7.37. The summed E-state index contributed by atoms with van der Waals surface area (Å²) in [6, 6.07) is 60.6. The lowest BCUT2D eigenvalue weighted by Crippen LogP contribution is -2.27. The Morgan fingerprint density at radius 3 is 1.74 bits per heavy atom. The number of rotatable bonds is 11. The SMILES string of the molecule is CC(C)c1cccc(C(C)C)c1C1=CN(c2cc(-c3ccccc3)cc(C(C)(C)C)c2)CN1c1cc(Oc2ccc3c4cc(C(C)(C)c5ccccc5)ccc4n(-c4cc(C(C)(C)C)ccn4)c3c2)cc(C(C)(C)C)c1. The molecule has 0 amide bonds. The van der Waals surface area contributed by atoms with Crippen molar-refractivity contribution in [3.8, 4) is 28.4 Å². The summed E-state index contributed by atoms with van der Waals surface area (Å²) in [5.74, 6) is 3.09. The van der Waals surface area contributed by atoms with Gasteiger partial charge in [-0.1, -0.05) is 195 Å². The lowest BCUT2D eigenvalue weighted by molar-refractivity contribution is 0.479. The average Bonchev–Trinajstić information content (AvgIpc) is 4.01. The smallest absolute Gasteiger partial charge is 0.137 e. The van der Waals surface area contributed by atoms with Crippen LogP contribution in [0, 0.1) is 0 Å². The summed E-state index contributed by atoms with van der Waals surface area (Å²) in [7, 11) is 0. The standard InChI is InChI=1S/C71H78N4O/c1-46(2)59-27-22-28-60(47(3)4)67(59)65-44-73(55-36-49(48-23-18-16-19-24-48)35-53(37-55)69(8,9)10)45-74(65)56-38-54(70(11,12)13)39-58(42-56)76-57-30-31-61-62-40-52(71(14,15)50-25-20-17-21-26-50)29-32-63(62)75(64(61)43-57)66-41-51(33-34-72-66)68(5,6)7/h16-44,46-47H,45H2,1-15H3. The number of ether oxygens (including phenoxy) is 1. The molecule has 5 nitrogen and oxygen atoms in total. The first kappa shape index (κ1) is 52.1. The average molecular weight is 1000 g/mol. The predicted octanol–water partition coefficient (Wildman–Crippen LogP) is 19.4. The number of pyridine rings is 1. The van der Waals surface area contributed by atoms with Crippen LogP contribution in [0.15, 0.2) is 176 Å². The van der Waals surface area contributed by atoms with Crippen LogP contribution < -0.4 is 14.5 Å². The molecular formula is C71H78N4O. The Balaban J connectivity index is 1.13. The molecule has 1 aliphatic heterocycles. The zero-order valence-corrected chi connectivity index (χ0v) is 47.8. The quantitative estimate of drug-likeness (QED) is 0.129. The molecule has 0 atom stereocenters. The van der Waals surface area contributed by atoms with E-state index in [2.05, 4.69) is 288 Å². The number of anilines is 2. The molecule has 1 aliphatic rings. The predicted molar refractivity (Wildman–Crippen MR) is 324 cm³/mol. The van der Waals surface area contributed by atoms with Gasteiger partial charge >= 0.3 is 0 Å². The van der Waals surface area contributed by atoms with Crippen molar-refractivity contribution in [1.29, 1.82) is 0 Å². The maximum Gasteiger partial charge on any atom is 0.137 e. The number of fused-ring (bicyclic) bond motifs is 3. The number of aromatic nitrogens is 2. The number of hydrogen-bond acceptors (Lipinski definition) is 4. The third-order valence-electron chi connectivity index (χ3n) is 15.8. The molecule has 0 unspecified atom stereocenters. The highest BCUT2D eigenvalue weighted by atomic mass is 16.5. The fourth-order valence-corrected chi connectivity index (χ4v) is 11.0. The van der Waals surface area contributed by atoms with Crippen LogP contribution >= 0.6 is 0 Å². The van der Waals surface area contributed by atoms with E-state index < -0.39 is 0 Å². The summed E-state index contributed by atoms with van der Waals surface area (Å²) in [4.78, 5) is 10.1. The van der Waals surface area contributed by atoms with E-state index in [-0.39, 0.29) is 21.7 Å². The van der Waals surface area contributed by atoms with E-state index in [4.69, 9.17) is 9.72 Å². The number of hydrogen-bond donors (Lipinski definition) is 0. The molecule has 0 saturated heterocycles. The molecule has 76 heavy (non-hydrogen) atoms. The minimum absolute atomic E-state index is 0.0520. The van der Waals surface area contributed by atoms with Gasteiger partial charge in [0.1, 0.15) is 17.3 Å². The fraction of sp³-hybridized carbons (Fsp3) is 0.310. The first-order valence-electron chi connectivity index (χ1n) is 27.5. The second kappa shape index (κ2) is 19.6. The van der Waals surface area contributed by atoms with Gasteiger partial charge in [-0.2, -0.15) is 0 Å². The Labute approximate surface area is 453 Å². The van der Waals surface area contributed by atoms with E-state index in [0.717, 1.165) is 39.4 Å². The molecule has 2 aromatic heterocycles. The van der Waals surface area contributed by atoms with Gasteiger partial charge in [-0.25, -0.2) is 4.98 Å². The molecule has 0 radical (unpaired) electrons. The highest BCUT2D eigenvalue weighted by Gasteiger charge is 2.32. The summed E-state index contributed by atoms with van der Waals surface area (Å²) in [5.41, 5.74) is 17.9. The zero-order valence-electron chi connectivity index (χ0n) is 47.8. The molecule has 0 saturated carbocycles. The molecule has 10 rings (SSSR count). The molecule has 5 heteroatoms. The fourth-order valence-electron chi connectivity index (χ4n) is 11.0.